The van der Waals surface area contributed by atoms with Gasteiger partial charge in [-0.15, -0.1) is 0 Å². The highest BCUT2D eigenvalue weighted by Crippen LogP contribution is 2.16. The van der Waals surface area contributed by atoms with Crippen molar-refractivity contribution >= 4 is 11.9 Å². The molecule has 1 amide bonds. The maximum Gasteiger partial charge on any atom is 0.306 e. The Bertz CT molecular complexity index is 1210. The Morgan fingerprint density at radius 1 is 0.492 bits per heavy atom. The number of ether oxygens (including phenoxy) is 1. The molecular weight excluding hydrogens is 779 g/mol. The van der Waals surface area contributed by atoms with E-state index < -0.39 is 18.2 Å². The third kappa shape index (κ3) is 45.4. The summed E-state index contributed by atoms with van der Waals surface area (Å²) in [5.74, 6) is -0.552. The van der Waals surface area contributed by atoms with Gasteiger partial charge in [-0.1, -0.05) is 221 Å². The summed E-state index contributed by atoms with van der Waals surface area (Å²) < 4.78 is 5.90. The Morgan fingerprint density at radius 2 is 0.921 bits per heavy atom. The number of hydrogen-bond acceptors (Lipinski definition) is 5. The van der Waals surface area contributed by atoms with Crippen molar-refractivity contribution < 1.29 is 24.5 Å². The number of esters is 1. The van der Waals surface area contributed by atoms with Crippen LogP contribution in [0.5, 0.6) is 0 Å². The lowest BCUT2D eigenvalue weighted by molar-refractivity contribution is -0.151. The topological polar surface area (TPSA) is 95.9 Å². The van der Waals surface area contributed by atoms with E-state index in [-0.39, 0.29) is 24.9 Å². The highest BCUT2D eigenvalue weighted by molar-refractivity contribution is 5.77. The quantitative estimate of drug-likeness (QED) is 0.0245. The zero-order chi connectivity index (χ0) is 45.9. The van der Waals surface area contributed by atoms with Gasteiger partial charge in [-0.25, -0.2) is 0 Å². The lowest BCUT2D eigenvalue weighted by Gasteiger charge is -2.24. The summed E-state index contributed by atoms with van der Waals surface area (Å²) >= 11 is 0. The third-order valence-electron chi connectivity index (χ3n) is 11.5. The first-order valence-corrected chi connectivity index (χ1v) is 26.3. The van der Waals surface area contributed by atoms with Gasteiger partial charge in [-0.2, -0.15) is 0 Å². The second-order valence-corrected chi connectivity index (χ2v) is 17.6. The number of carbonyl (C=O) groups is 2. The minimum Gasteiger partial charge on any atom is -0.462 e. The van der Waals surface area contributed by atoms with Crippen LogP contribution in [-0.2, 0) is 14.3 Å². The first-order valence-electron chi connectivity index (χ1n) is 26.3. The summed E-state index contributed by atoms with van der Waals surface area (Å²) in [6.07, 6.45) is 65.1. The molecule has 0 radical (unpaired) electrons. The molecule has 63 heavy (non-hydrogen) atoms. The maximum atomic E-state index is 13.2. The molecule has 0 saturated heterocycles. The maximum absolute atomic E-state index is 13.2. The van der Waals surface area contributed by atoms with Crippen molar-refractivity contribution in [1.82, 2.24) is 5.32 Å². The van der Waals surface area contributed by atoms with Gasteiger partial charge in [0.2, 0.25) is 5.91 Å². The molecule has 0 rings (SSSR count). The van der Waals surface area contributed by atoms with Crippen molar-refractivity contribution in [3.05, 3.63) is 85.1 Å². The summed E-state index contributed by atoms with van der Waals surface area (Å²) in [7, 11) is 0. The number of amides is 1. The summed E-state index contributed by atoms with van der Waals surface area (Å²) in [6, 6.07) is -0.726. The molecule has 0 aromatic rings. The van der Waals surface area contributed by atoms with E-state index >= 15 is 0 Å². The Morgan fingerprint density at radius 3 is 1.41 bits per heavy atom. The van der Waals surface area contributed by atoms with Gasteiger partial charge in [0, 0.05) is 6.42 Å². The van der Waals surface area contributed by atoms with Crippen LogP contribution in [-0.4, -0.2) is 46.9 Å². The van der Waals surface area contributed by atoms with E-state index in [4.69, 9.17) is 4.74 Å². The number of hydrogen-bond donors (Lipinski definition) is 3. The van der Waals surface area contributed by atoms with Gasteiger partial charge in [0.25, 0.3) is 0 Å². The van der Waals surface area contributed by atoms with Gasteiger partial charge in [-0.3, -0.25) is 9.59 Å². The highest BCUT2D eigenvalue weighted by atomic mass is 16.5. The smallest absolute Gasteiger partial charge is 0.306 e. The third-order valence-corrected chi connectivity index (χ3v) is 11.5. The molecule has 3 N–H and O–H groups in total. The van der Waals surface area contributed by atoms with Gasteiger partial charge >= 0.3 is 5.97 Å². The van der Waals surface area contributed by atoms with Crippen LogP contribution < -0.4 is 5.32 Å². The van der Waals surface area contributed by atoms with Gasteiger partial charge in [0.1, 0.15) is 6.10 Å². The minimum absolute atomic E-state index is 0.0283. The number of allylic oxidation sites excluding steroid dienone is 14. The van der Waals surface area contributed by atoms with Crippen molar-refractivity contribution in [3.8, 4) is 0 Å². The average Bonchev–Trinajstić information content (AvgIpc) is 3.28. The molecule has 0 spiro atoms. The second-order valence-electron chi connectivity index (χ2n) is 17.6. The Hall–Kier alpha value is -2.96. The van der Waals surface area contributed by atoms with Crippen LogP contribution in [0.3, 0.4) is 0 Å². The molecule has 0 aliphatic heterocycles. The number of nitrogens with one attached hydrogen (secondary N) is 1. The first-order chi connectivity index (χ1) is 31.0. The molecule has 6 heteroatoms. The van der Waals surface area contributed by atoms with Crippen molar-refractivity contribution in [2.45, 2.75) is 257 Å². The molecule has 0 bridgehead atoms. The Kier molecular flexibility index (Phi) is 47.7. The van der Waals surface area contributed by atoms with E-state index in [0.29, 0.717) is 19.3 Å². The van der Waals surface area contributed by atoms with Gasteiger partial charge in [-0.05, 0) is 89.9 Å². The fraction of sp³-hybridized carbons (Fsp3) is 0.719. The normalized spacial score (nSPS) is 13.9. The lowest BCUT2D eigenvalue weighted by Crippen LogP contribution is -2.46. The lowest BCUT2D eigenvalue weighted by atomic mass is 10.0. The number of aliphatic hydroxyl groups excluding tert-OH is 2. The predicted octanol–water partition coefficient (Wildman–Crippen LogP) is 16.0. The van der Waals surface area contributed by atoms with Crippen LogP contribution >= 0.6 is 0 Å². The van der Waals surface area contributed by atoms with Gasteiger partial charge in [0.05, 0.1) is 25.2 Å². The number of rotatable bonds is 46. The molecule has 0 heterocycles. The van der Waals surface area contributed by atoms with Crippen molar-refractivity contribution in [2.75, 3.05) is 6.61 Å². The Labute approximate surface area is 389 Å². The van der Waals surface area contributed by atoms with Crippen molar-refractivity contribution in [3.63, 3.8) is 0 Å². The molecule has 362 valence electrons. The van der Waals surface area contributed by atoms with Crippen LogP contribution in [0.4, 0.5) is 0 Å². The standard InChI is InChI=1S/C57H99NO5/c1-4-7-10-13-16-19-21-23-25-27-29-31-33-35-38-41-44-47-50-57(62)63-53(48-45-42-39-37-34-32-30-28-26-24-22-20-17-14-11-8-5-2)51-56(61)58-54(52-59)55(60)49-46-43-40-36-18-15-12-9-6-3/h8,11,17,20,24-27,29-32,37,39,53-55,59-60H,4-7,9-10,12-16,18-19,21-23,28,33-36,38,40-52H2,1-3H3,(H,58,61)/b11-8-,20-17-,26-24-,27-25+,31-29+,32-30-,39-37-. The summed E-state index contributed by atoms with van der Waals surface area (Å²) in [5.41, 5.74) is 0. The van der Waals surface area contributed by atoms with E-state index in [2.05, 4.69) is 111 Å². The molecule has 6 nitrogen and oxygen atoms in total. The van der Waals surface area contributed by atoms with Crippen molar-refractivity contribution in [1.29, 1.82) is 0 Å². The van der Waals surface area contributed by atoms with Crippen LogP contribution in [0, 0.1) is 0 Å². The van der Waals surface area contributed by atoms with Crippen LogP contribution in [0.15, 0.2) is 85.1 Å². The van der Waals surface area contributed by atoms with Gasteiger partial charge in [0.15, 0.2) is 0 Å². The van der Waals surface area contributed by atoms with Gasteiger partial charge < -0.3 is 20.3 Å². The zero-order valence-corrected chi connectivity index (χ0v) is 41.2. The fourth-order valence-corrected chi connectivity index (χ4v) is 7.51. The van der Waals surface area contributed by atoms with Crippen LogP contribution in [0.25, 0.3) is 0 Å². The van der Waals surface area contributed by atoms with Crippen LogP contribution in [0.1, 0.15) is 239 Å². The molecule has 3 atom stereocenters. The number of aliphatic hydroxyl groups is 2. The first kappa shape index (κ1) is 60.0. The predicted molar refractivity (Wildman–Crippen MR) is 273 cm³/mol. The second kappa shape index (κ2) is 50.0. The van der Waals surface area contributed by atoms with Crippen molar-refractivity contribution in [2.24, 2.45) is 0 Å². The van der Waals surface area contributed by atoms with Crippen LogP contribution in [0.2, 0.25) is 0 Å². The van der Waals surface area contributed by atoms with E-state index in [9.17, 15) is 19.8 Å². The molecule has 0 aromatic carbocycles. The monoisotopic (exact) mass is 878 g/mol. The van der Waals surface area contributed by atoms with E-state index in [1.54, 1.807) is 0 Å². The average molecular weight is 878 g/mol. The van der Waals surface area contributed by atoms with E-state index in [1.165, 1.54) is 89.9 Å². The molecule has 3 unspecified atom stereocenters. The Balaban J connectivity index is 4.71. The highest BCUT2D eigenvalue weighted by Gasteiger charge is 2.24. The number of carbonyl (C=O) groups excluding carboxylic acids is 2. The largest absolute Gasteiger partial charge is 0.462 e. The zero-order valence-electron chi connectivity index (χ0n) is 41.2. The number of unbranched alkanes of at least 4 members (excludes halogenated alkanes) is 21. The molecule has 0 aliphatic rings. The molecule has 0 fully saturated rings. The minimum atomic E-state index is -0.808. The molecule has 0 aromatic heterocycles. The molecular formula is C57H99NO5. The summed E-state index contributed by atoms with van der Waals surface area (Å²) in [5, 5.41) is 23.7. The van der Waals surface area contributed by atoms with E-state index in [0.717, 1.165) is 103 Å². The summed E-state index contributed by atoms with van der Waals surface area (Å²) in [6.45, 7) is 6.32. The summed E-state index contributed by atoms with van der Waals surface area (Å²) in [4.78, 5) is 26.1. The molecule has 0 saturated carbocycles. The molecule has 0 aliphatic carbocycles. The van der Waals surface area contributed by atoms with E-state index in [1.807, 2.05) is 0 Å². The fourth-order valence-electron chi connectivity index (χ4n) is 7.51. The SMILES string of the molecule is CC/C=C\C/C=C\C/C=C\C/C=C\C/C=C\CCCC(CC(=O)NC(CO)C(O)CCCCCCCCCCC)OC(=O)CCCCCCC/C=C/C=C/CCCCCCCCC.